The molecule has 3 rings (SSSR count). The molecule has 0 bridgehead atoms. The first-order valence-corrected chi connectivity index (χ1v) is 8.87. The minimum Gasteiger partial charge on any atom is -0.394 e. The molecule has 0 aromatic carbocycles. The monoisotopic (exact) mass is 329 g/mol. The number of hydrogen-bond acceptors (Lipinski definition) is 7. The largest absolute Gasteiger partial charge is 0.394 e. The van der Waals surface area contributed by atoms with Crippen molar-refractivity contribution < 1.29 is 19.7 Å². The Labute approximate surface area is 138 Å². The number of likely N-dealkylation sites (tertiary alicyclic amines) is 1. The molecule has 3 heterocycles. The molecule has 3 aliphatic rings. The molecule has 0 saturated carbocycles. The third-order valence-corrected chi connectivity index (χ3v) is 5.43. The van der Waals surface area contributed by atoms with Crippen LogP contribution in [0.15, 0.2) is 0 Å². The van der Waals surface area contributed by atoms with Gasteiger partial charge in [-0.05, 0) is 33.0 Å². The van der Waals surface area contributed by atoms with Gasteiger partial charge >= 0.3 is 0 Å². The molecule has 3 fully saturated rings. The fraction of sp³-hybridized carbons (Fsp3) is 1.00. The summed E-state index contributed by atoms with van der Waals surface area (Å²) in [5, 5.41) is 23.6. The van der Waals surface area contributed by atoms with Gasteiger partial charge in [0, 0.05) is 25.7 Å². The SMILES string of the molecule is CN1CCC(NCC2OC(CO)C(O)C2N2CCOCC2)CC1. The Morgan fingerprint density at radius 1 is 1.09 bits per heavy atom. The predicted molar refractivity (Wildman–Crippen MR) is 86.5 cm³/mol. The highest BCUT2D eigenvalue weighted by Gasteiger charge is 2.46. The fourth-order valence-corrected chi connectivity index (χ4v) is 3.97. The summed E-state index contributed by atoms with van der Waals surface area (Å²) < 4.78 is 11.4. The number of morpholine rings is 1. The van der Waals surface area contributed by atoms with Crippen LogP contribution in [0.1, 0.15) is 12.8 Å². The maximum Gasteiger partial charge on any atom is 0.109 e. The van der Waals surface area contributed by atoms with E-state index in [1.165, 1.54) is 0 Å². The minimum absolute atomic E-state index is 0.0604. The average molecular weight is 329 g/mol. The van der Waals surface area contributed by atoms with Gasteiger partial charge < -0.3 is 29.9 Å². The van der Waals surface area contributed by atoms with E-state index in [1.807, 2.05) is 0 Å². The zero-order chi connectivity index (χ0) is 16.2. The molecule has 0 aromatic heterocycles. The number of rotatable bonds is 5. The van der Waals surface area contributed by atoms with Gasteiger partial charge in [-0.2, -0.15) is 0 Å². The number of ether oxygens (including phenoxy) is 2. The van der Waals surface area contributed by atoms with Crippen molar-refractivity contribution in [1.29, 1.82) is 0 Å². The van der Waals surface area contributed by atoms with Gasteiger partial charge in [-0.25, -0.2) is 0 Å². The van der Waals surface area contributed by atoms with Gasteiger partial charge in [0.05, 0.1) is 32.0 Å². The van der Waals surface area contributed by atoms with E-state index >= 15 is 0 Å². The molecule has 4 atom stereocenters. The molecule has 0 aromatic rings. The van der Waals surface area contributed by atoms with Crippen LogP contribution >= 0.6 is 0 Å². The molecule has 23 heavy (non-hydrogen) atoms. The first-order chi connectivity index (χ1) is 11.2. The molecule has 0 radical (unpaired) electrons. The van der Waals surface area contributed by atoms with E-state index in [0.717, 1.165) is 45.6 Å². The zero-order valence-electron chi connectivity index (χ0n) is 14.1. The van der Waals surface area contributed by atoms with Crippen LogP contribution in [-0.4, -0.2) is 110 Å². The van der Waals surface area contributed by atoms with Crippen LogP contribution < -0.4 is 5.32 Å². The molecule has 3 N–H and O–H groups in total. The van der Waals surface area contributed by atoms with Crippen molar-refractivity contribution in [2.75, 3.05) is 59.6 Å². The van der Waals surface area contributed by atoms with Crippen molar-refractivity contribution >= 4 is 0 Å². The molecule has 0 spiro atoms. The normalized spacial score (nSPS) is 38.2. The van der Waals surface area contributed by atoms with Crippen molar-refractivity contribution in [2.24, 2.45) is 0 Å². The van der Waals surface area contributed by atoms with Crippen molar-refractivity contribution in [3.8, 4) is 0 Å². The molecular formula is C16H31N3O4. The van der Waals surface area contributed by atoms with Crippen LogP contribution in [0.3, 0.4) is 0 Å². The standard InChI is InChI=1S/C16H31N3O4/c1-18-4-2-12(3-5-18)17-10-13-15(16(21)14(11-20)23-13)19-6-8-22-9-7-19/h12-17,20-21H,2-11H2,1H3. The summed E-state index contributed by atoms with van der Waals surface area (Å²) in [5.74, 6) is 0. The number of nitrogens with zero attached hydrogens (tertiary/aromatic N) is 2. The topological polar surface area (TPSA) is 77.4 Å². The molecule has 0 amide bonds. The maximum absolute atomic E-state index is 10.5. The summed E-state index contributed by atoms with van der Waals surface area (Å²) in [6.07, 6.45) is 1.10. The Kier molecular flexibility index (Phi) is 6.25. The molecule has 3 aliphatic heterocycles. The Bertz CT molecular complexity index is 359. The van der Waals surface area contributed by atoms with Crippen LogP contribution in [0.2, 0.25) is 0 Å². The lowest BCUT2D eigenvalue weighted by Crippen LogP contribution is -2.55. The molecule has 134 valence electrons. The number of aliphatic hydroxyl groups is 2. The number of aliphatic hydroxyl groups excluding tert-OH is 2. The van der Waals surface area contributed by atoms with Crippen LogP contribution in [-0.2, 0) is 9.47 Å². The first-order valence-electron chi connectivity index (χ1n) is 8.87. The second kappa shape index (κ2) is 8.20. The molecule has 3 saturated heterocycles. The van der Waals surface area contributed by atoms with E-state index < -0.39 is 12.2 Å². The fourth-order valence-electron chi connectivity index (χ4n) is 3.97. The highest BCUT2D eigenvalue weighted by Crippen LogP contribution is 2.26. The summed E-state index contributed by atoms with van der Waals surface area (Å²) in [4.78, 5) is 4.61. The Morgan fingerprint density at radius 3 is 2.43 bits per heavy atom. The van der Waals surface area contributed by atoms with Gasteiger partial charge in [0.25, 0.3) is 0 Å². The third kappa shape index (κ3) is 4.22. The third-order valence-electron chi connectivity index (χ3n) is 5.43. The predicted octanol–water partition coefficient (Wildman–Crippen LogP) is -1.51. The second-order valence-corrected chi connectivity index (χ2v) is 7.01. The molecule has 4 unspecified atom stereocenters. The summed E-state index contributed by atoms with van der Waals surface area (Å²) in [7, 11) is 2.16. The first kappa shape index (κ1) is 17.5. The van der Waals surface area contributed by atoms with Gasteiger partial charge in [0.15, 0.2) is 0 Å². The highest BCUT2D eigenvalue weighted by molar-refractivity contribution is 4.98. The quantitative estimate of drug-likeness (QED) is 0.566. The van der Waals surface area contributed by atoms with Gasteiger partial charge in [0.2, 0.25) is 0 Å². The molecular weight excluding hydrogens is 298 g/mol. The number of nitrogens with one attached hydrogen (secondary N) is 1. The van der Waals surface area contributed by atoms with Gasteiger partial charge in [-0.3, -0.25) is 4.90 Å². The summed E-state index contributed by atoms with van der Waals surface area (Å²) in [5.41, 5.74) is 0. The van der Waals surface area contributed by atoms with Gasteiger partial charge in [-0.15, -0.1) is 0 Å². The van der Waals surface area contributed by atoms with E-state index in [-0.39, 0.29) is 18.8 Å². The van der Waals surface area contributed by atoms with E-state index in [1.54, 1.807) is 0 Å². The van der Waals surface area contributed by atoms with Crippen LogP contribution in [0.25, 0.3) is 0 Å². The van der Waals surface area contributed by atoms with Crippen LogP contribution in [0.4, 0.5) is 0 Å². The molecule has 7 heteroatoms. The Hall–Kier alpha value is -0.280. The summed E-state index contributed by atoms with van der Waals surface area (Å²) >= 11 is 0. The molecule has 7 nitrogen and oxygen atoms in total. The lowest BCUT2D eigenvalue weighted by molar-refractivity contribution is -0.0238. The van der Waals surface area contributed by atoms with Crippen molar-refractivity contribution in [3.05, 3.63) is 0 Å². The number of piperidine rings is 1. The van der Waals surface area contributed by atoms with Crippen molar-refractivity contribution in [3.63, 3.8) is 0 Å². The second-order valence-electron chi connectivity index (χ2n) is 7.01. The minimum atomic E-state index is -0.637. The average Bonchev–Trinajstić information content (AvgIpc) is 2.91. The summed E-state index contributed by atoms with van der Waals surface area (Å²) in [6.45, 7) is 5.86. The van der Waals surface area contributed by atoms with Gasteiger partial charge in [-0.1, -0.05) is 0 Å². The lowest BCUT2D eigenvalue weighted by Gasteiger charge is -2.37. The molecule has 0 aliphatic carbocycles. The smallest absolute Gasteiger partial charge is 0.109 e. The van der Waals surface area contributed by atoms with Gasteiger partial charge in [0.1, 0.15) is 12.2 Å². The summed E-state index contributed by atoms with van der Waals surface area (Å²) in [6, 6.07) is 0.459. The zero-order valence-corrected chi connectivity index (χ0v) is 14.1. The Balaban J connectivity index is 1.56. The van der Waals surface area contributed by atoms with E-state index in [4.69, 9.17) is 9.47 Å². The lowest BCUT2D eigenvalue weighted by atomic mass is 10.0. The Morgan fingerprint density at radius 2 is 1.78 bits per heavy atom. The van der Waals surface area contributed by atoms with Crippen LogP contribution in [0.5, 0.6) is 0 Å². The number of hydrogen-bond donors (Lipinski definition) is 3. The maximum atomic E-state index is 10.5. The van der Waals surface area contributed by atoms with Crippen LogP contribution in [0, 0.1) is 0 Å². The highest BCUT2D eigenvalue weighted by atomic mass is 16.5. The van der Waals surface area contributed by atoms with E-state index in [9.17, 15) is 10.2 Å². The van der Waals surface area contributed by atoms with Crippen molar-refractivity contribution in [2.45, 2.75) is 43.2 Å². The van der Waals surface area contributed by atoms with Crippen molar-refractivity contribution in [1.82, 2.24) is 15.1 Å². The van der Waals surface area contributed by atoms with E-state index in [0.29, 0.717) is 19.3 Å². The van der Waals surface area contributed by atoms with E-state index in [2.05, 4.69) is 22.2 Å².